The summed E-state index contributed by atoms with van der Waals surface area (Å²) < 4.78 is 10.2. The Kier molecular flexibility index (Phi) is 9.12. The van der Waals surface area contributed by atoms with E-state index in [2.05, 4.69) is 0 Å². The molecule has 10 heteroatoms. The van der Waals surface area contributed by atoms with Gasteiger partial charge in [0.25, 0.3) is 0 Å². The molecule has 36 heavy (non-hydrogen) atoms. The molecule has 0 unspecified atom stereocenters. The van der Waals surface area contributed by atoms with Crippen molar-refractivity contribution in [2.24, 2.45) is 11.5 Å². The van der Waals surface area contributed by atoms with E-state index in [1.54, 1.807) is 69.4 Å². The van der Waals surface area contributed by atoms with E-state index in [-0.39, 0.29) is 0 Å². The van der Waals surface area contributed by atoms with Gasteiger partial charge < -0.3 is 20.9 Å². The standard InChI is InChI=1S/C26H20N2O4S4/c27-25(29)31-17-11-13-21(23(15-17)33-19-7-3-1-4-8-19)35-36-22-14-12-18(32-26(28)30)16-24(22)34-20-9-5-2-6-10-20/h1-16H,(H2,27,29)(H2,28,30). The summed E-state index contributed by atoms with van der Waals surface area (Å²) in [5.74, 6) is 0.757. The lowest BCUT2D eigenvalue weighted by Crippen LogP contribution is -2.16. The number of amides is 2. The first-order chi connectivity index (χ1) is 17.5. The van der Waals surface area contributed by atoms with Gasteiger partial charge in [-0.1, -0.05) is 81.5 Å². The molecule has 0 heterocycles. The van der Waals surface area contributed by atoms with E-state index in [4.69, 9.17) is 20.9 Å². The quantitative estimate of drug-likeness (QED) is 0.204. The fraction of sp³-hybridized carbons (Fsp3) is 0. The van der Waals surface area contributed by atoms with Gasteiger partial charge in [-0.05, 0) is 60.7 Å². The number of rotatable bonds is 9. The van der Waals surface area contributed by atoms with E-state index < -0.39 is 12.2 Å². The molecule has 6 nitrogen and oxygen atoms in total. The molecule has 0 saturated carbocycles. The van der Waals surface area contributed by atoms with E-state index in [0.717, 1.165) is 29.4 Å². The largest absolute Gasteiger partial charge is 0.410 e. The maximum absolute atomic E-state index is 11.3. The van der Waals surface area contributed by atoms with Crippen molar-refractivity contribution >= 4 is 57.3 Å². The van der Waals surface area contributed by atoms with Crippen LogP contribution in [0.4, 0.5) is 9.59 Å². The second kappa shape index (κ2) is 12.7. The van der Waals surface area contributed by atoms with Gasteiger partial charge in [0.15, 0.2) is 0 Å². The smallest absolute Gasteiger partial charge is 0.409 e. The average Bonchev–Trinajstić information content (AvgIpc) is 2.85. The Morgan fingerprint density at radius 1 is 0.528 bits per heavy atom. The van der Waals surface area contributed by atoms with Gasteiger partial charge in [0.1, 0.15) is 11.5 Å². The van der Waals surface area contributed by atoms with Gasteiger partial charge >= 0.3 is 12.2 Å². The molecule has 4 N–H and O–H groups in total. The van der Waals surface area contributed by atoms with E-state index in [1.807, 2.05) is 72.8 Å². The van der Waals surface area contributed by atoms with Crippen molar-refractivity contribution in [2.75, 3.05) is 0 Å². The zero-order valence-electron chi connectivity index (χ0n) is 18.7. The summed E-state index contributed by atoms with van der Waals surface area (Å²) in [5, 5.41) is 0. The molecule has 182 valence electrons. The SMILES string of the molecule is NC(=O)Oc1ccc(SSc2ccc(OC(N)=O)cc2Sc2ccccc2)c(Sc2ccccc2)c1. The lowest BCUT2D eigenvalue weighted by atomic mass is 10.3. The van der Waals surface area contributed by atoms with Crippen molar-refractivity contribution in [1.82, 2.24) is 0 Å². The molecule has 0 aliphatic carbocycles. The van der Waals surface area contributed by atoms with Crippen LogP contribution in [0.1, 0.15) is 0 Å². The first-order valence-electron chi connectivity index (χ1n) is 10.5. The minimum absolute atomic E-state index is 0.378. The first kappa shape index (κ1) is 25.9. The molecular formula is C26H20N2O4S4. The van der Waals surface area contributed by atoms with Crippen molar-refractivity contribution in [3.05, 3.63) is 97.1 Å². The molecule has 0 aromatic heterocycles. The molecule has 2 amide bonds. The highest BCUT2D eigenvalue weighted by molar-refractivity contribution is 8.76. The fourth-order valence-corrected chi connectivity index (χ4v) is 7.67. The Bertz CT molecular complexity index is 1250. The third-order valence-electron chi connectivity index (χ3n) is 4.43. The van der Waals surface area contributed by atoms with Crippen molar-refractivity contribution in [3.63, 3.8) is 0 Å². The highest BCUT2D eigenvalue weighted by Crippen LogP contribution is 2.48. The normalized spacial score (nSPS) is 10.6. The molecule has 4 rings (SSSR count). The molecule has 0 spiro atoms. The molecule has 4 aromatic rings. The summed E-state index contributed by atoms with van der Waals surface area (Å²) >= 11 is 3.13. The van der Waals surface area contributed by atoms with Crippen LogP contribution in [0.15, 0.2) is 126 Å². The Morgan fingerprint density at radius 3 is 1.28 bits per heavy atom. The minimum atomic E-state index is -0.860. The highest BCUT2D eigenvalue weighted by Gasteiger charge is 2.14. The Labute approximate surface area is 224 Å². The van der Waals surface area contributed by atoms with Gasteiger partial charge in [-0.3, -0.25) is 0 Å². The molecule has 0 radical (unpaired) electrons. The number of carbonyl (C=O) groups is 2. The van der Waals surface area contributed by atoms with Crippen molar-refractivity contribution in [3.8, 4) is 11.5 Å². The lowest BCUT2D eigenvalue weighted by molar-refractivity contribution is 0.209. The summed E-state index contributed by atoms with van der Waals surface area (Å²) in [5.41, 5.74) is 10.4. The highest BCUT2D eigenvalue weighted by atomic mass is 33.1. The fourth-order valence-electron chi connectivity index (χ4n) is 2.95. The van der Waals surface area contributed by atoms with Gasteiger partial charge in [-0.2, -0.15) is 0 Å². The third kappa shape index (κ3) is 7.66. The number of primary amides is 2. The summed E-state index contributed by atoms with van der Waals surface area (Å²) in [6.07, 6.45) is -1.72. The Morgan fingerprint density at radius 2 is 0.917 bits per heavy atom. The van der Waals surface area contributed by atoms with Crippen LogP contribution >= 0.6 is 45.1 Å². The second-order valence-electron chi connectivity index (χ2n) is 7.06. The minimum Gasteiger partial charge on any atom is -0.410 e. The second-order valence-corrected chi connectivity index (χ2v) is 11.5. The van der Waals surface area contributed by atoms with E-state index in [1.165, 1.54) is 0 Å². The zero-order valence-corrected chi connectivity index (χ0v) is 21.9. The van der Waals surface area contributed by atoms with Crippen molar-refractivity contribution in [2.45, 2.75) is 29.4 Å². The number of benzene rings is 4. The van der Waals surface area contributed by atoms with Crippen LogP contribution in [0.25, 0.3) is 0 Å². The van der Waals surface area contributed by atoms with Gasteiger partial charge in [0.2, 0.25) is 0 Å². The van der Waals surface area contributed by atoms with Gasteiger partial charge in [-0.15, -0.1) is 0 Å². The predicted octanol–water partition coefficient (Wildman–Crippen LogP) is 7.70. The summed E-state index contributed by atoms with van der Waals surface area (Å²) in [4.78, 5) is 28.4. The maximum Gasteiger partial charge on any atom is 0.409 e. The van der Waals surface area contributed by atoms with Crippen LogP contribution < -0.4 is 20.9 Å². The number of nitrogens with two attached hydrogens (primary N) is 2. The van der Waals surface area contributed by atoms with Crippen LogP contribution in [0, 0.1) is 0 Å². The summed E-state index contributed by atoms with van der Waals surface area (Å²) in [6.45, 7) is 0. The molecule has 0 saturated heterocycles. The Balaban J connectivity index is 1.60. The average molecular weight is 553 g/mol. The van der Waals surface area contributed by atoms with E-state index in [9.17, 15) is 9.59 Å². The topological polar surface area (TPSA) is 105 Å². The lowest BCUT2D eigenvalue weighted by Gasteiger charge is -2.13. The van der Waals surface area contributed by atoms with Gasteiger partial charge in [-0.25, -0.2) is 9.59 Å². The molecule has 4 aromatic carbocycles. The van der Waals surface area contributed by atoms with E-state index in [0.29, 0.717) is 11.5 Å². The molecular weight excluding hydrogens is 533 g/mol. The molecule has 0 fully saturated rings. The Hall–Kier alpha value is -3.18. The molecule has 0 atom stereocenters. The summed E-state index contributed by atoms with van der Waals surface area (Å²) in [7, 11) is 3.14. The first-order valence-corrected chi connectivity index (χ1v) is 14.3. The van der Waals surface area contributed by atoms with Crippen molar-refractivity contribution < 1.29 is 19.1 Å². The van der Waals surface area contributed by atoms with Gasteiger partial charge in [0, 0.05) is 29.4 Å². The number of hydrogen-bond donors (Lipinski definition) is 2. The third-order valence-corrected chi connectivity index (χ3v) is 9.30. The molecule has 0 aliphatic heterocycles. The maximum atomic E-state index is 11.3. The van der Waals surface area contributed by atoms with Crippen LogP contribution in [0.2, 0.25) is 0 Å². The van der Waals surface area contributed by atoms with Crippen LogP contribution in [0.5, 0.6) is 11.5 Å². The van der Waals surface area contributed by atoms with Crippen LogP contribution in [-0.4, -0.2) is 12.2 Å². The number of ether oxygens (including phenoxy) is 2. The summed E-state index contributed by atoms with van der Waals surface area (Å²) in [6, 6.07) is 30.7. The molecule has 0 bridgehead atoms. The monoisotopic (exact) mass is 552 g/mol. The predicted molar refractivity (Wildman–Crippen MR) is 146 cm³/mol. The number of carbonyl (C=O) groups excluding carboxylic acids is 2. The number of hydrogen-bond acceptors (Lipinski definition) is 8. The van der Waals surface area contributed by atoms with Crippen LogP contribution in [-0.2, 0) is 0 Å². The van der Waals surface area contributed by atoms with Gasteiger partial charge in [0.05, 0.1) is 0 Å². The van der Waals surface area contributed by atoms with Crippen LogP contribution in [0.3, 0.4) is 0 Å². The van der Waals surface area contributed by atoms with Crippen molar-refractivity contribution in [1.29, 1.82) is 0 Å². The molecule has 0 aliphatic rings. The zero-order chi connectivity index (χ0) is 25.3. The van der Waals surface area contributed by atoms with E-state index >= 15 is 0 Å².